The fourth-order valence-electron chi connectivity index (χ4n) is 5.86. The summed E-state index contributed by atoms with van der Waals surface area (Å²) in [4.78, 5) is 52.7. The molecule has 0 saturated carbocycles. The van der Waals surface area contributed by atoms with Gasteiger partial charge in [-0.2, -0.15) is 0 Å². The predicted molar refractivity (Wildman–Crippen MR) is 180 cm³/mol. The summed E-state index contributed by atoms with van der Waals surface area (Å²) in [5.74, 6) is -0.750. The minimum absolute atomic E-state index is 0.0199. The molecule has 2 aliphatic heterocycles. The molecule has 242 valence electrons. The zero-order valence-electron chi connectivity index (χ0n) is 26.2. The number of pyridine rings is 2. The zero-order valence-corrected chi connectivity index (χ0v) is 27.0. The monoisotopic (exact) mass is 653 g/mol. The highest BCUT2D eigenvalue weighted by Crippen LogP contribution is 2.37. The number of likely N-dealkylation sites (N-methyl/N-ethyl adjacent to an activating group) is 1. The Kier molecular flexibility index (Phi) is 9.48. The van der Waals surface area contributed by atoms with E-state index >= 15 is 0 Å². The Balaban J connectivity index is 1.12. The minimum atomic E-state index is -0.386. The lowest BCUT2D eigenvalue weighted by Gasteiger charge is -2.16. The maximum Gasteiger partial charge on any atom is 0.320 e. The molecule has 2 aromatic carbocycles. The first-order chi connectivity index (χ1) is 22.7. The second kappa shape index (κ2) is 13.9. The third-order valence-corrected chi connectivity index (χ3v) is 8.97. The molecular formula is C35H36ClN7O4. The molecule has 0 bridgehead atoms. The number of anilines is 2. The number of likely N-dealkylation sites (tertiary alicyclic amines) is 1. The summed E-state index contributed by atoms with van der Waals surface area (Å²) in [6.45, 7) is 5.81. The van der Waals surface area contributed by atoms with Crippen LogP contribution in [0.15, 0.2) is 73.1 Å². The van der Waals surface area contributed by atoms with Crippen molar-refractivity contribution in [3.05, 3.63) is 106 Å². The predicted octanol–water partition coefficient (Wildman–Crippen LogP) is 5.04. The second-order valence-electron chi connectivity index (χ2n) is 12.0. The van der Waals surface area contributed by atoms with Crippen LogP contribution in [0.2, 0.25) is 5.02 Å². The van der Waals surface area contributed by atoms with E-state index in [-0.39, 0.29) is 35.3 Å². The summed E-state index contributed by atoms with van der Waals surface area (Å²) in [7, 11) is 1.77. The number of aliphatic hydroxyl groups is 1. The number of urea groups is 1. The molecule has 11 nitrogen and oxygen atoms in total. The number of β-amino-alcohol motifs (C(OH)–C–C–N with tert-alkyl or cyclic N) is 1. The van der Waals surface area contributed by atoms with Gasteiger partial charge in [0, 0.05) is 70.0 Å². The molecule has 0 aliphatic carbocycles. The van der Waals surface area contributed by atoms with Gasteiger partial charge >= 0.3 is 6.03 Å². The maximum absolute atomic E-state index is 13.1. The van der Waals surface area contributed by atoms with Gasteiger partial charge in [0.1, 0.15) is 11.4 Å². The quantitative estimate of drug-likeness (QED) is 0.231. The van der Waals surface area contributed by atoms with Crippen molar-refractivity contribution in [2.75, 3.05) is 43.9 Å². The summed E-state index contributed by atoms with van der Waals surface area (Å²) >= 11 is 6.84. The van der Waals surface area contributed by atoms with Crippen molar-refractivity contribution in [3.8, 4) is 11.1 Å². The molecule has 6 rings (SSSR count). The fraction of sp³-hybridized carbons (Fsp3) is 0.286. The Hall–Kier alpha value is -4.84. The lowest BCUT2D eigenvalue weighted by molar-refractivity contribution is 0.101. The van der Waals surface area contributed by atoms with Crippen LogP contribution in [0.1, 0.15) is 44.1 Å². The van der Waals surface area contributed by atoms with Crippen LogP contribution in [-0.4, -0.2) is 87.0 Å². The molecule has 47 heavy (non-hydrogen) atoms. The molecule has 4 amide bonds. The number of aliphatic hydroxyl groups excluding tert-OH is 1. The van der Waals surface area contributed by atoms with Crippen LogP contribution in [0.5, 0.6) is 0 Å². The SMILES string of the molecule is Cc1c(NC(=O)c2ccc(CN3CCN(C)C3=O)cn2)cccc1-c1cccc(NC(=O)c2ccc(CN3CC[C@@H](O)C3)cn2)c1Cl. The third kappa shape index (κ3) is 7.27. The van der Waals surface area contributed by atoms with Crippen LogP contribution in [0.3, 0.4) is 0 Å². The van der Waals surface area contributed by atoms with Gasteiger partial charge in [-0.25, -0.2) is 4.79 Å². The molecular weight excluding hydrogens is 618 g/mol. The lowest BCUT2D eigenvalue weighted by Crippen LogP contribution is -2.29. The summed E-state index contributed by atoms with van der Waals surface area (Å²) < 4.78 is 0. The van der Waals surface area contributed by atoms with Gasteiger partial charge in [-0.15, -0.1) is 0 Å². The van der Waals surface area contributed by atoms with Crippen LogP contribution in [0, 0.1) is 6.92 Å². The van der Waals surface area contributed by atoms with Crippen LogP contribution in [-0.2, 0) is 13.1 Å². The van der Waals surface area contributed by atoms with E-state index in [1.165, 1.54) is 0 Å². The second-order valence-corrected chi connectivity index (χ2v) is 12.3. The van der Waals surface area contributed by atoms with Crippen molar-refractivity contribution in [1.82, 2.24) is 24.7 Å². The largest absolute Gasteiger partial charge is 0.392 e. The number of nitrogens with zero attached hydrogens (tertiary/aromatic N) is 5. The summed E-state index contributed by atoms with van der Waals surface area (Å²) in [6.07, 6.45) is 3.78. The van der Waals surface area contributed by atoms with Crippen molar-refractivity contribution in [3.63, 3.8) is 0 Å². The number of hydrogen-bond acceptors (Lipinski definition) is 7. The number of benzene rings is 2. The zero-order chi connectivity index (χ0) is 33.1. The fourth-order valence-corrected chi connectivity index (χ4v) is 6.14. The van der Waals surface area contributed by atoms with Crippen molar-refractivity contribution >= 4 is 40.8 Å². The van der Waals surface area contributed by atoms with Gasteiger partial charge in [0.05, 0.1) is 16.8 Å². The molecule has 2 aliphatic rings. The molecule has 3 N–H and O–H groups in total. The molecule has 4 heterocycles. The maximum atomic E-state index is 13.1. The molecule has 2 fully saturated rings. The van der Waals surface area contributed by atoms with E-state index in [0.717, 1.165) is 35.2 Å². The summed E-state index contributed by atoms with van der Waals surface area (Å²) in [5.41, 5.74) is 5.64. The molecule has 12 heteroatoms. The minimum Gasteiger partial charge on any atom is -0.392 e. The van der Waals surface area contributed by atoms with E-state index in [2.05, 4.69) is 25.5 Å². The third-order valence-electron chi connectivity index (χ3n) is 8.56. The highest BCUT2D eigenvalue weighted by Gasteiger charge is 2.25. The van der Waals surface area contributed by atoms with Gasteiger partial charge in [0.25, 0.3) is 11.8 Å². The number of carbonyl (C=O) groups is 3. The summed E-state index contributed by atoms with van der Waals surface area (Å²) in [6, 6.07) is 17.9. The van der Waals surface area contributed by atoms with E-state index in [9.17, 15) is 19.5 Å². The van der Waals surface area contributed by atoms with Gasteiger partial charge in [-0.05, 0) is 59.9 Å². The highest BCUT2D eigenvalue weighted by atomic mass is 35.5. The number of amides is 4. The number of rotatable bonds is 9. The molecule has 1 atom stereocenters. The average Bonchev–Trinajstić information content (AvgIpc) is 3.63. The Morgan fingerprint density at radius 2 is 1.47 bits per heavy atom. The molecule has 0 spiro atoms. The van der Waals surface area contributed by atoms with E-state index in [4.69, 9.17) is 11.6 Å². The molecule has 0 unspecified atom stereocenters. The van der Waals surface area contributed by atoms with E-state index in [1.54, 1.807) is 59.6 Å². The Morgan fingerprint density at radius 1 is 0.851 bits per heavy atom. The summed E-state index contributed by atoms with van der Waals surface area (Å²) in [5, 5.41) is 15.9. The number of aromatic nitrogens is 2. The van der Waals surface area contributed by atoms with Crippen molar-refractivity contribution in [1.29, 1.82) is 0 Å². The van der Waals surface area contributed by atoms with E-state index < -0.39 is 0 Å². The first kappa shape index (κ1) is 32.1. The smallest absolute Gasteiger partial charge is 0.320 e. The number of hydrogen-bond donors (Lipinski definition) is 3. The van der Waals surface area contributed by atoms with E-state index in [0.29, 0.717) is 54.7 Å². The molecule has 2 aromatic heterocycles. The Bertz CT molecular complexity index is 1800. The standard InChI is InChI=1S/C35H36ClN7O4/c1-22-26(5-3-7-28(22)39-33(45)30-12-10-24(18-38-30)20-43-16-15-41(2)35(43)47)27-6-4-8-29(32(27)36)40-34(46)31-11-9-23(17-37-31)19-42-14-13-25(44)21-42/h3-12,17-18,25,44H,13-16,19-21H2,1-2H3,(H,39,45)(H,40,46)/t25-/m1/s1. The molecule has 4 aromatic rings. The van der Waals surface area contributed by atoms with Crippen molar-refractivity contribution in [2.24, 2.45) is 0 Å². The van der Waals surface area contributed by atoms with Crippen LogP contribution in [0.25, 0.3) is 11.1 Å². The molecule has 0 radical (unpaired) electrons. The van der Waals surface area contributed by atoms with Crippen molar-refractivity contribution in [2.45, 2.75) is 32.5 Å². The van der Waals surface area contributed by atoms with Crippen molar-refractivity contribution < 1.29 is 19.5 Å². The normalized spacial score (nSPS) is 16.5. The van der Waals surface area contributed by atoms with Crippen LogP contribution < -0.4 is 10.6 Å². The van der Waals surface area contributed by atoms with Gasteiger partial charge in [0.2, 0.25) is 0 Å². The van der Waals surface area contributed by atoms with Gasteiger partial charge in [0.15, 0.2) is 0 Å². The molecule has 2 saturated heterocycles. The number of halogens is 1. The first-order valence-electron chi connectivity index (χ1n) is 15.5. The van der Waals surface area contributed by atoms with Gasteiger partial charge in [-0.1, -0.05) is 48.0 Å². The highest BCUT2D eigenvalue weighted by molar-refractivity contribution is 6.36. The lowest BCUT2D eigenvalue weighted by atomic mass is 9.98. The van der Waals surface area contributed by atoms with Gasteiger partial charge in [-0.3, -0.25) is 24.5 Å². The Labute approximate surface area is 278 Å². The van der Waals surface area contributed by atoms with Gasteiger partial charge < -0.3 is 25.5 Å². The average molecular weight is 654 g/mol. The number of nitrogens with one attached hydrogen (secondary N) is 2. The van der Waals surface area contributed by atoms with E-state index in [1.807, 2.05) is 37.3 Å². The number of carbonyl (C=O) groups excluding carboxylic acids is 3. The van der Waals surface area contributed by atoms with Crippen LogP contribution >= 0.6 is 11.6 Å². The Morgan fingerprint density at radius 3 is 2.04 bits per heavy atom. The topological polar surface area (TPSA) is 131 Å². The first-order valence-corrected chi connectivity index (χ1v) is 15.9. The van der Waals surface area contributed by atoms with Crippen LogP contribution in [0.4, 0.5) is 16.2 Å².